The summed E-state index contributed by atoms with van der Waals surface area (Å²) in [6.45, 7) is 4.03. The van der Waals surface area contributed by atoms with Crippen molar-refractivity contribution in [1.82, 2.24) is 10.2 Å². The maximum atomic E-state index is 13.0. The van der Waals surface area contributed by atoms with E-state index in [1.807, 2.05) is 18.7 Å². The molecule has 1 saturated heterocycles. The van der Waals surface area contributed by atoms with E-state index in [2.05, 4.69) is 10.6 Å². The first kappa shape index (κ1) is 18.3. The fourth-order valence-electron chi connectivity index (χ4n) is 3.06. The Morgan fingerprint density at radius 3 is 2.33 bits per heavy atom. The highest BCUT2D eigenvalue weighted by Crippen LogP contribution is 2.28. The number of rotatable bonds is 2. The Kier molecular flexibility index (Phi) is 5.83. The summed E-state index contributed by atoms with van der Waals surface area (Å²) in [5.41, 5.74) is 0.573. The number of nitrogens with zero attached hydrogens (tertiary/aromatic N) is 1. The molecule has 0 saturated carbocycles. The van der Waals surface area contributed by atoms with Gasteiger partial charge in [0.1, 0.15) is 0 Å². The minimum atomic E-state index is -0.825. The van der Waals surface area contributed by atoms with Crippen molar-refractivity contribution in [3.8, 4) is 0 Å². The third-order valence-electron chi connectivity index (χ3n) is 4.32. The molecular weight excluding hydrogens is 330 g/mol. The van der Waals surface area contributed by atoms with E-state index in [1.54, 1.807) is 6.07 Å². The summed E-state index contributed by atoms with van der Waals surface area (Å²) in [6, 6.07) is 4.86. The molecular formula is C17H22ClN3O3. The van der Waals surface area contributed by atoms with Crippen molar-refractivity contribution >= 4 is 35.0 Å². The second-order valence-corrected chi connectivity index (χ2v) is 6.50. The van der Waals surface area contributed by atoms with E-state index in [1.165, 1.54) is 19.2 Å². The smallest absolute Gasteiger partial charge is 0.313 e. The van der Waals surface area contributed by atoms with Gasteiger partial charge in [0.2, 0.25) is 0 Å². The number of likely N-dealkylation sites (N-methyl/N-ethyl adjacent to an activating group) is 1. The van der Waals surface area contributed by atoms with Crippen molar-refractivity contribution in [1.29, 1.82) is 0 Å². The number of anilines is 1. The van der Waals surface area contributed by atoms with Gasteiger partial charge in [0.25, 0.3) is 5.91 Å². The van der Waals surface area contributed by atoms with Crippen molar-refractivity contribution < 1.29 is 14.4 Å². The van der Waals surface area contributed by atoms with Crippen LogP contribution < -0.4 is 10.6 Å². The molecule has 130 valence electrons. The molecule has 24 heavy (non-hydrogen) atoms. The Morgan fingerprint density at radius 1 is 1.12 bits per heavy atom. The number of benzene rings is 1. The van der Waals surface area contributed by atoms with Gasteiger partial charge in [0.05, 0.1) is 11.3 Å². The maximum absolute atomic E-state index is 13.0. The van der Waals surface area contributed by atoms with Gasteiger partial charge in [-0.2, -0.15) is 0 Å². The molecule has 2 N–H and O–H groups in total. The summed E-state index contributed by atoms with van der Waals surface area (Å²) in [4.78, 5) is 38.1. The molecule has 7 heteroatoms. The lowest BCUT2D eigenvalue weighted by atomic mass is 9.96. The van der Waals surface area contributed by atoms with Crippen LogP contribution in [0.3, 0.4) is 0 Å². The van der Waals surface area contributed by atoms with Gasteiger partial charge in [-0.15, -0.1) is 0 Å². The second-order valence-electron chi connectivity index (χ2n) is 6.06. The number of amides is 3. The van der Waals surface area contributed by atoms with Gasteiger partial charge >= 0.3 is 11.8 Å². The van der Waals surface area contributed by atoms with Crippen LogP contribution in [-0.2, 0) is 9.59 Å². The summed E-state index contributed by atoms with van der Waals surface area (Å²) in [5.74, 6) is -1.79. The highest BCUT2D eigenvalue weighted by atomic mass is 35.5. The quantitative estimate of drug-likeness (QED) is 0.803. The van der Waals surface area contributed by atoms with Gasteiger partial charge in [-0.3, -0.25) is 14.4 Å². The third-order valence-corrected chi connectivity index (χ3v) is 4.56. The molecule has 0 spiro atoms. The fraction of sp³-hybridized carbons (Fsp3) is 0.471. The minimum absolute atomic E-state index is 0.114. The summed E-state index contributed by atoms with van der Waals surface area (Å²) in [5, 5.41) is 5.13. The van der Waals surface area contributed by atoms with E-state index in [0.29, 0.717) is 10.6 Å². The third kappa shape index (κ3) is 3.87. The Bertz CT molecular complexity index is 652. The predicted molar refractivity (Wildman–Crippen MR) is 93.1 cm³/mol. The van der Waals surface area contributed by atoms with Crippen molar-refractivity contribution in [3.63, 3.8) is 0 Å². The van der Waals surface area contributed by atoms with Gasteiger partial charge in [0, 0.05) is 24.2 Å². The van der Waals surface area contributed by atoms with Crippen molar-refractivity contribution in [3.05, 3.63) is 28.8 Å². The van der Waals surface area contributed by atoms with Crippen LogP contribution in [0.25, 0.3) is 0 Å². The van der Waals surface area contributed by atoms with Crippen molar-refractivity contribution in [2.24, 2.45) is 0 Å². The van der Waals surface area contributed by atoms with Crippen LogP contribution in [0.4, 0.5) is 5.69 Å². The molecule has 0 aliphatic carbocycles. The molecule has 0 bridgehead atoms. The summed E-state index contributed by atoms with van der Waals surface area (Å²) in [7, 11) is 1.37. The number of hydrogen-bond acceptors (Lipinski definition) is 3. The average Bonchev–Trinajstić information content (AvgIpc) is 2.55. The molecule has 1 heterocycles. The van der Waals surface area contributed by atoms with E-state index in [-0.39, 0.29) is 23.7 Å². The first-order valence-electron chi connectivity index (χ1n) is 8.00. The van der Waals surface area contributed by atoms with Crippen molar-refractivity contribution in [2.75, 3.05) is 12.4 Å². The zero-order chi connectivity index (χ0) is 17.9. The standard InChI is InChI=1S/C17H22ClN3O3/c1-10-5-4-6-11(2)21(10)17(24)13-9-12(18)7-8-14(13)20-16(23)15(22)19-3/h7-11H,4-6H2,1-3H3,(H,19,22)(H,20,23). The predicted octanol–water partition coefficient (Wildman–Crippen LogP) is 2.43. The number of halogens is 1. The van der Waals surface area contributed by atoms with Gasteiger partial charge in [0.15, 0.2) is 0 Å². The lowest BCUT2D eigenvalue weighted by molar-refractivity contribution is -0.135. The molecule has 3 amide bonds. The molecule has 1 aromatic carbocycles. The Balaban J connectivity index is 2.34. The Labute approximate surface area is 146 Å². The first-order chi connectivity index (χ1) is 11.3. The van der Waals surface area contributed by atoms with Crippen LogP contribution in [0.15, 0.2) is 18.2 Å². The van der Waals surface area contributed by atoms with Crippen LogP contribution in [0.5, 0.6) is 0 Å². The average molecular weight is 352 g/mol. The Hall–Kier alpha value is -2.08. The molecule has 2 rings (SSSR count). The zero-order valence-electron chi connectivity index (χ0n) is 14.1. The molecule has 2 unspecified atom stereocenters. The molecule has 1 aliphatic rings. The van der Waals surface area contributed by atoms with E-state index in [9.17, 15) is 14.4 Å². The Morgan fingerprint density at radius 2 is 1.75 bits per heavy atom. The van der Waals surface area contributed by atoms with Crippen molar-refractivity contribution in [2.45, 2.75) is 45.2 Å². The lowest BCUT2D eigenvalue weighted by Gasteiger charge is -2.39. The SMILES string of the molecule is CNC(=O)C(=O)Nc1ccc(Cl)cc1C(=O)N1C(C)CCCC1C. The topological polar surface area (TPSA) is 78.5 Å². The lowest BCUT2D eigenvalue weighted by Crippen LogP contribution is -2.47. The number of carbonyl (C=O) groups is 3. The first-order valence-corrected chi connectivity index (χ1v) is 8.38. The number of hydrogen-bond donors (Lipinski definition) is 2. The highest BCUT2D eigenvalue weighted by molar-refractivity contribution is 6.40. The van der Waals surface area contributed by atoms with Gasteiger partial charge < -0.3 is 15.5 Å². The molecule has 0 radical (unpaired) electrons. The minimum Gasteiger partial charge on any atom is -0.351 e. The summed E-state index contributed by atoms with van der Waals surface area (Å²) >= 11 is 6.04. The number of piperidine rings is 1. The highest BCUT2D eigenvalue weighted by Gasteiger charge is 2.31. The summed E-state index contributed by atoms with van der Waals surface area (Å²) in [6.07, 6.45) is 2.97. The van der Waals surface area contributed by atoms with E-state index in [4.69, 9.17) is 11.6 Å². The largest absolute Gasteiger partial charge is 0.351 e. The van der Waals surface area contributed by atoms with E-state index >= 15 is 0 Å². The van der Waals surface area contributed by atoms with Crippen LogP contribution in [0, 0.1) is 0 Å². The molecule has 6 nitrogen and oxygen atoms in total. The fourth-order valence-corrected chi connectivity index (χ4v) is 3.23. The molecule has 2 atom stereocenters. The van der Waals surface area contributed by atoms with E-state index < -0.39 is 11.8 Å². The normalized spacial score (nSPS) is 20.4. The number of carbonyl (C=O) groups excluding carboxylic acids is 3. The van der Waals surface area contributed by atoms with E-state index in [0.717, 1.165) is 19.3 Å². The van der Waals surface area contributed by atoms with Crippen LogP contribution >= 0.6 is 11.6 Å². The molecule has 1 aliphatic heterocycles. The molecule has 1 fully saturated rings. The summed E-state index contributed by atoms with van der Waals surface area (Å²) < 4.78 is 0. The van der Waals surface area contributed by atoms with Gasteiger partial charge in [-0.1, -0.05) is 11.6 Å². The molecule has 1 aromatic rings. The maximum Gasteiger partial charge on any atom is 0.313 e. The molecule has 0 aromatic heterocycles. The van der Waals surface area contributed by atoms with Gasteiger partial charge in [-0.25, -0.2) is 0 Å². The number of nitrogens with one attached hydrogen (secondary N) is 2. The van der Waals surface area contributed by atoms with Crippen LogP contribution in [0.2, 0.25) is 5.02 Å². The zero-order valence-corrected chi connectivity index (χ0v) is 14.8. The number of likely N-dealkylation sites (tertiary alicyclic amines) is 1. The van der Waals surface area contributed by atoms with Crippen LogP contribution in [-0.4, -0.2) is 41.8 Å². The monoisotopic (exact) mass is 351 g/mol. The van der Waals surface area contributed by atoms with Crippen LogP contribution in [0.1, 0.15) is 43.5 Å². The van der Waals surface area contributed by atoms with Gasteiger partial charge in [-0.05, 0) is 51.3 Å². The second kappa shape index (κ2) is 7.66.